The number of aromatic nitrogens is 3. The molecule has 0 radical (unpaired) electrons. The number of hydrogen-bond donors (Lipinski definition) is 2. The molecule has 24 heavy (non-hydrogen) atoms. The number of phenolic OH excluding ortho intramolecular Hbond substituents is 1. The van der Waals surface area contributed by atoms with Crippen LogP contribution in [0.2, 0.25) is 0 Å². The van der Waals surface area contributed by atoms with Crippen molar-refractivity contribution in [1.82, 2.24) is 19.5 Å². The van der Waals surface area contributed by atoms with E-state index < -0.39 is 0 Å². The zero-order valence-corrected chi connectivity index (χ0v) is 13.7. The highest BCUT2D eigenvalue weighted by Gasteiger charge is 2.19. The number of anilines is 1. The fourth-order valence-corrected chi connectivity index (χ4v) is 3.34. The lowest BCUT2D eigenvalue weighted by molar-refractivity contribution is 0.260. The number of aromatic hydroxyl groups is 1. The number of piperidine rings is 1. The van der Waals surface area contributed by atoms with Gasteiger partial charge in [-0.15, -0.1) is 10.2 Å². The molecule has 1 fully saturated rings. The van der Waals surface area contributed by atoms with Gasteiger partial charge in [0.1, 0.15) is 5.75 Å². The lowest BCUT2D eigenvalue weighted by Gasteiger charge is -2.30. The Kier molecular flexibility index (Phi) is 3.82. The average Bonchev–Trinajstić information content (AvgIpc) is 3.06. The SMILES string of the molecule is CN1CCCC(Nc2nnc(-c3ccc(O)cc3)n3cccc23)C1. The first-order chi connectivity index (χ1) is 11.7. The molecule has 2 N–H and O–H groups in total. The predicted molar refractivity (Wildman–Crippen MR) is 94.2 cm³/mol. The normalized spacial score (nSPS) is 18.8. The molecular weight excluding hydrogens is 302 g/mol. The minimum atomic E-state index is 0.246. The molecule has 2 aromatic heterocycles. The monoisotopic (exact) mass is 323 g/mol. The van der Waals surface area contributed by atoms with Crippen LogP contribution in [0.1, 0.15) is 12.8 Å². The third-order valence-corrected chi connectivity index (χ3v) is 4.56. The van der Waals surface area contributed by atoms with E-state index in [2.05, 4.69) is 27.5 Å². The molecule has 3 aromatic rings. The topological polar surface area (TPSA) is 65.7 Å². The Hall–Kier alpha value is -2.60. The average molecular weight is 323 g/mol. The number of nitrogens with one attached hydrogen (secondary N) is 1. The van der Waals surface area contributed by atoms with Crippen molar-refractivity contribution < 1.29 is 5.11 Å². The number of hydrogen-bond acceptors (Lipinski definition) is 5. The van der Waals surface area contributed by atoms with E-state index in [1.165, 1.54) is 6.42 Å². The van der Waals surface area contributed by atoms with Gasteiger partial charge in [0.25, 0.3) is 0 Å². The summed E-state index contributed by atoms with van der Waals surface area (Å²) in [5.41, 5.74) is 1.94. The summed E-state index contributed by atoms with van der Waals surface area (Å²) >= 11 is 0. The first-order valence-electron chi connectivity index (χ1n) is 8.29. The summed E-state index contributed by atoms with van der Waals surface area (Å²) in [5.74, 6) is 1.83. The number of benzene rings is 1. The standard InChI is InChI=1S/C18H21N5O/c1-22-10-2-4-14(12-22)19-17-16-5-3-11-23(16)18(21-20-17)13-6-8-15(24)9-7-13/h3,5-9,11,14,24H,2,4,10,12H2,1H3,(H,19,20). The van der Waals surface area contributed by atoms with Crippen LogP contribution in [0.3, 0.4) is 0 Å². The van der Waals surface area contributed by atoms with E-state index in [4.69, 9.17) is 0 Å². The van der Waals surface area contributed by atoms with Gasteiger partial charge in [-0.25, -0.2) is 0 Å². The first kappa shape index (κ1) is 15.0. The number of nitrogens with zero attached hydrogens (tertiary/aromatic N) is 4. The third-order valence-electron chi connectivity index (χ3n) is 4.56. The summed E-state index contributed by atoms with van der Waals surface area (Å²) in [6, 6.07) is 11.5. The molecule has 0 amide bonds. The zero-order chi connectivity index (χ0) is 16.5. The second-order valence-electron chi connectivity index (χ2n) is 6.43. The van der Waals surface area contributed by atoms with Crippen LogP contribution < -0.4 is 5.32 Å². The molecule has 0 aliphatic carbocycles. The van der Waals surface area contributed by atoms with E-state index in [1.807, 2.05) is 34.9 Å². The molecule has 0 bridgehead atoms. The molecule has 6 heteroatoms. The molecule has 0 saturated carbocycles. The zero-order valence-electron chi connectivity index (χ0n) is 13.7. The highest BCUT2D eigenvalue weighted by Crippen LogP contribution is 2.25. The van der Waals surface area contributed by atoms with Crippen molar-refractivity contribution in [3.05, 3.63) is 42.6 Å². The van der Waals surface area contributed by atoms with Gasteiger partial charge in [0.2, 0.25) is 0 Å². The van der Waals surface area contributed by atoms with Crippen molar-refractivity contribution in [2.75, 3.05) is 25.5 Å². The summed E-state index contributed by atoms with van der Waals surface area (Å²) < 4.78 is 2.04. The summed E-state index contributed by atoms with van der Waals surface area (Å²) in [7, 11) is 2.15. The number of phenols is 1. The highest BCUT2D eigenvalue weighted by atomic mass is 16.3. The van der Waals surface area contributed by atoms with Gasteiger partial charge >= 0.3 is 0 Å². The van der Waals surface area contributed by atoms with Crippen molar-refractivity contribution in [2.45, 2.75) is 18.9 Å². The first-order valence-corrected chi connectivity index (χ1v) is 8.29. The summed E-state index contributed by atoms with van der Waals surface area (Å²) in [6.07, 6.45) is 4.34. The molecule has 6 nitrogen and oxygen atoms in total. The van der Waals surface area contributed by atoms with Crippen LogP contribution in [0.25, 0.3) is 16.9 Å². The van der Waals surface area contributed by atoms with Gasteiger partial charge in [-0.05, 0) is 62.8 Å². The Morgan fingerprint density at radius 1 is 1.17 bits per heavy atom. The van der Waals surface area contributed by atoms with Crippen LogP contribution in [-0.4, -0.2) is 50.8 Å². The Labute approximate surface area is 140 Å². The molecule has 1 unspecified atom stereocenters. The molecule has 1 aliphatic heterocycles. The van der Waals surface area contributed by atoms with Crippen molar-refractivity contribution in [2.24, 2.45) is 0 Å². The number of rotatable bonds is 3. The van der Waals surface area contributed by atoms with Gasteiger partial charge in [-0.1, -0.05) is 0 Å². The number of likely N-dealkylation sites (N-methyl/N-ethyl adjacent to an activating group) is 1. The maximum absolute atomic E-state index is 9.47. The van der Waals surface area contributed by atoms with Crippen LogP contribution in [-0.2, 0) is 0 Å². The number of likely N-dealkylation sites (tertiary alicyclic amines) is 1. The van der Waals surface area contributed by atoms with Crippen molar-refractivity contribution >= 4 is 11.3 Å². The van der Waals surface area contributed by atoms with E-state index in [9.17, 15) is 5.11 Å². The van der Waals surface area contributed by atoms with Crippen molar-refractivity contribution in [3.8, 4) is 17.1 Å². The molecule has 1 atom stereocenters. The van der Waals surface area contributed by atoms with Crippen LogP contribution >= 0.6 is 0 Å². The van der Waals surface area contributed by atoms with E-state index in [0.717, 1.165) is 42.2 Å². The Morgan fingerprint density at radius 2 is 2.00 bits per heavy atom. The third kappa shape index (κ3) is 2.80. The minimum Gasteiger partial charge on any atom is -0.508 e. The van der Waals surface area contributed by atoms with Crippen LogP contribution in [0.5, 0.6) is 5.75 Å². The second kappa shape index (κ2) is 6.13. The Morgan fingerprint density at radius 3 is 2.79 bits per heavy atom. The van der Waals surface area contributed by atoms with E-state index in [-0.39, 0.29) is 5.75 Å². The summed E-state index contributed by atoms with van der Waals surface area (Å²) in [5, 5.41) is 21.9. The molecule has 4 rings (SSSR count). The van der Waals surface area contributed by atoms with Gasteiger partial charge in [0.15, 0.2) is 11.6 Å². The van der Waals surface area contributed by atoms with Gasteiger partial charge in [-0.3, -0.25) is 4.40 Å². The van der Waals surface area contributed by atoms with Crippen LogP contribution in [0.4, 0.5) is 5.82 Å². The van der Waals surface area contributed by atoms with Crippen LogP contribution in [0, 0.1) is 0 Å². The molecule has 3 heterocycles. The highest BCUT2D eigenvalue weighted by molar-refractivity contribution is 5.72. The van der Waals surface area contributed by atoms with Crippen LogP contribution in [0.15, 0.2) is 42.6 Å². The molecule has 1 aromatic carbocycles. The summed E-state index contributed by atoms with van der Waals surface area (Å²) in [4.78, 5) is 2.34. The molecule has 0 spiro atoms. The summed E-state index contributed by atoms with van der Waals surface area (Å²) in [6.45, 7) is 2.18. The van der Waals surface area contributed by atoms with Gasteiger partial charge in [-0.2, -0.15) is 0 Å². The molecular formula is C18H21N5O. The molecule has 124 valence electrons. The van der Waals surface area contributed by atoms with E-state index in [1.54, 1.807) is 12.1 Å². The lowest BCUT2D eigenvalue weighted by Crippen LogP contribution is -2.40. The second-order valence-corrected chi connectivity index (χ2v) is 6.43. The molecule has 1 aliphatic rings. The van der Waals surface area contributed by atoms with E-state index in [0.29, 0.717) is 6.04 Å². The smallest absolute Gasteiger partial charge is 0.173 e. The number of fused-ring (bicyclic) bond motifs is 1. The largest absolute Gasteiger partial charge is 0.508 e. The Bertz CT molecular complexity index is 842. The maximum Gasteiger partial charge on any atom is 0.173 e. The lowest BCUT2D eigenvalue weighted by atomic mass is 10.1. The predicted octanol–water partition coefficient (Wildman–Crippen LogP) is 2.61. The van der Waals surface area contributed by atoms with Gasteiger partial charge in [0.05, 0.1) is 5.52 Å². The minimum absolute atomic E-state index is 0.246. The molecule has 1 saturated heterocycles. The van der Waals surface area contributed by atoms with E-state index >= 15 is 0 Å². The van der Waals surface area contributed by atoms with Crippen molar-refractivity contribution in [3.63, 3.8) is 0 Å². The van der Waals surface area contributed by atoms with Gasteiger partial charge < -0.3 is 15.3 Å². The van der Waals surface area contributed by atoms with Crippen molar-refractivity contribution in [1.29, 1.82) is 0 Å². The fourth-order valence-electron chi connectivity index (χ4n) is 3.34. The quantitative estimate of drug-likeness (QED) is 0.775. The maximum atomic E-state index is 9.47. The van der Waals surface area contributed by atoms with Gasteiger partial charge in [0, 0.05) is 24.3 Å². The fraction of sp³-hybridized carbons (Fsp3) is 0.333. The Balaban J connectivity index is 1.68.